The van der Waals surface area contributed by atoms with Gasteiger partial charge in [-0.15, -0.1) is 0 Å². The number of sulfonamides is 1. The van der Waals surface area contributed by atoms with Gasteiger partial charge in [-0.3, -0.25) is 0 Å². The van der Waals surface area contributed by atoms with Crippen LogP contribution in [0.25, 0.3) is 10.4 Å². The number of azide groups is 1. The zero-order valence-electron chi connectivity index (χ0n) is 13.7. The highest BCUT2D eigenvalue weighted by molar-refractivity contribution is 7.89. The summed E-state index contributed by atoms with van der Waals surface area (Å²) in [4.78, 5) is 2.67. The highest BCUT2D eigenvalue weighted by Gasteiger charge is 2.26. The molecular formula is C14H22N4O5S. The van der Waals surface area contributed by atoms with Crippen molar-refractivity contribution in [2.24, 2.45) is 5.11 Å². The standard InChI is InChI=1S/C14H22N4O5S/c1-14(2,11-23-10-9-22-8-7-16-18-15)17-24(20,21)13-5-3-12(19)4-6-13/h3-6,17,19H,7-11H2,1-2H3. The van der Waals surface area contributed by atoms with Crippen LogP contribution in [0.3, 0.4) is 0 Å². The third-order valence-corrected chi connectivity index (χ3v) is 4.51. The molecule has 0 aliphatic heterocycles. The number of hydrogen-bond donors (Lipinski definition) is 2. The van der Waals surface area contributed by atoms with Gasteiger partial charge in [-0.25, -0.2) is 13.1 Å². The van der Waals surface area contributed by atoms with Gasteiger partial charge < -0.3 is 14.6 Å². The van der Waals surface area contributed by atoms with Gasteiger partial charge in [0.2, 0.25) is 10.0 Å². The lowest BCUT2D eigenvalue weighted by atomic mass is 10.1. The summed E-state index contributed by atoms with van der Waals surface area (Å²) in [6.07, 6.45) is 0. The summed E-state index contributed by atoms with van der Waals surface area (Å²) < 4.78 is 37.7. The van der Waals surface area contributed by atoms with Crippen LogP contribution in [0.15, 0.2) is 34.3 Å². The number of phenols is 1. The van der Waals surface area contributed by atoms with E-state index < -0.39 is 15.6 Å². The Morgan fingerprint density at radius 3 is 2.46 bits per heavy atom. The summed E-state index contributed by atoms with van der Waals surface area (Å²) in [5, 5.41) is 12.5. The minimum absolute atomic E-state index is 0.00277. The molecule has 0 bridgehead atoms. The van der Waals surface area contributed by atoms with Crippen molar-refractivity contribution in [2.45, 2.75) is 24.3 Å². The van der Waals surface area contributed by atoms with Gasteiger partial charge >= 0.3 is 0 Å². The van der Waals surface area contributed by atoms with E-state index in [-0.39, 0.29) is 23.8 Å². The van der Waals surface area contributed by atoms with Crippen molar-refractivity contribution in [1.29, 1.82) is 0 Å². The molecule has 9 nitrogen and oxygen atoms in total. The van der Waals surface area contributed by atoms with Crippen LogP contribution in [-0.2, 0) is 19.5 Å². The fourth-order valence-electron chi connectivity index (χ4n) is 1.77. The Labute approximate surface area is 141 Å². The SMILES string of the molecule is CC(C)(COCCOCCN=[N+]=[N-])NS(=O)(=O)c1ccc(O)cc1. The van der Waals surface area contributed by atoms with Crippen molar-refractivity contribution in [2.75, 3.05) is 33.0 Å². The zero-order chi connectivity index (χ0) is 18.1. The zero-order valence-corrected chi connectivity index (χ0v) is 14.5. The first-order valence-electron chi connectivity index (χ1n) is 7.26. The molecule has 2 N–H and O–H groups in total. The second-order valence-corrected chi connectivity index (χ2v) is 7.29. The van der Waals surface area contributed by atoms with Crippen LogP contribution in [0.4, 0.5) is 0 Å². The highest BCUT2D eigenvalue weighted by atomic mass is 32.2. The summed E-state index contributed by atoms with van der Waals surface area (Å²) in [5.41, 5.74) is 7.28. The second kappa shape index (κ2) is 9.45. The summed E-state index contributed by atoms with van der Waals surface area (Å²) >= 11 is 0. The second-order valence-electron chi connectivity index (χ2n) is 5.60. The van der Waals surface area contributed by atoms with Crippen molar-refractivity contribution >= 4 is 10.0 Å². The maximum atomic E-state index is 12.3. The third kappa shape index (κ3) is 7.62. The Bertz CT molecular complexity index is 654. The van der Waals surface area contributed by atoms with Crippen molar-refractivity contribution in [3.8, 4) is 5.75 Å². The number of hydrogen-bond acceptors (Lipinski definition) is 6. The van der Waals surface area contributed by atoms with Crippen LogP contribution in [0, 0.1) is 0 Å². The van der Waals surface area contributed by atoms with Crippen LogP contribution in [0.1, 0.15) is 13.8 Å². The van der Waals surface area contributed by atoms with Crippen molar-refractivity contribution in [1.82, 2.24) is 4.72 Å². The normalized spacial score (nSPS) is 11.9. The van der Waals surface area contributed by atoms with Crippen molar-refractivity contribution in [3.05, 3.63) is 34.7 Å². The third-order valence-electron chi connectivity index (χ3n) is 2.79. The predicted molar refractivity (Wildman–Crippen MR) is 88.2 cm³/mol. The molecule has 0 spiro atoms. The summed E-state index contributed by atoms with van der Waals surface area (Å²) in [6, 6.07) is 5.27. The Morgan fingerprint density at radius 2 is 1.83 bits per heavy atom. The molecule has 0 amide bonds. The van der Waals surface area contributed by atoms with E-state index in [2.05, 4.69) is 14.7 Å². The lowest BCUT2D eigenvalue weighted by Crippen LogP contribution is -2.47. The average molecular weight is 358 g/mol. The van der Waals surface area contributed by atoms with E-state index in [9.17, 15) is 13.5 Å². The topological polar surface area (TPSA) is 134 Å². The molecule has 0 radical (unpaired) electrons. The maximum Gasteiger partial charge on any atom is 0.241 e. The van der Waals surface area contributed by atoms with Crippen LogP contribution in [-0.4, -0.2) is 52.0 Å². The minimum atomic E-state index is -3.71. The molecule has 1 rings (SSSR count). The number of ether oxygens (including phenoxy) is 2. The summed E-state index contributed by atoms with van der Waals surface area (Å²) in [7, 11) is -3.71. The van der Waals surface area contributed by atoms with Gasteiger partial charge in [-0.05, 0) is 43.6 Å². The molecule has 134 valence electrons. The molecule has 0 saturated carbocycles. The largest absolute Gasteiger partial charge is 0.508 e. The molecule has 0 unspecified atom stereocenters. The van der Waals surface area contributed by atoms with Crippen molar-refractivity contribution < 1.29 is 23.0 Å². The first-order chi connectivity index (χ1) is 11.3. The maximum absolute atomic E-state index is 12.3. The fourth-order valence-corrected chi connectivity index (χ4v) is 3.17. The lowest BCUT2D eigenvalue weighted by Gasteiger charge is -2.25. The van der Waals surface area contributed by atoms with Gasteiger partial charge in [-0.1, -0.05) is 5.11 Å². The summed E-state index contributed by atoms with van der Waals surface area (Å²) in [5.74, 6) is -0.00277. The Morgan fingerprint density at radius 1 is 1.21 bits per heavy atom. The predicted octanol–water partition coefficient (Wildman–Crippen LogP) is 1.79. The smallest absolute Gasteiger partial charge is 0.241 e. The number of aromatic hydroxyl groups is 1. The molecule has 1 aromatic carbocycles. The first kappa shape index (κ1) is 20.2. The number of nitrogens with one attached hydrogen (secondary N) is 1. The molecule has 0 fully saturated rings. The van der Waals surface area contributed by atoms with Crippen LogP contribution >= 0.6 is 0 Å². The fraction of sp³-hybridized carbons (Fsp3) is 0.571. The Hall–Kier alpha value is -1.84. The van der Waals surface area contributed by atoms with E-state index in [0.717, 1.165) is 0 Å². The monoisotopic (exact) mass is 358 g/mol. The molecule has 0 aromatic heterocycles. The first-order valence-corrected chi connectivity index (χ1v) is 8.74. The number of rotatable bonds is 11. The summed E-state index contributed by atoms with van der Waals surface area (Å²) in [6.45, 7) is 4.74. The van der Waals surface area contributed by atoms with Crippen LogP contribution < -0.4 is 4.72 Å². The lowest BCUT2D eigenvalue weighted by molar-refractivity contribution is 0.0323. The van der Waals surface area contributed by atoms with E-state index in [1.165, 1.54) is 24.3 Å². The van der Waals surface area contributed by atoms with Gasteiger partial charge in [-0.2, -0.15) is 0 Å². The number of phenolic OH excluding ortho intramolecular Hbond substituents is 1. The molecule has 0 aliphatic carbocycles. The molecule has 1 aromatic rings. The van der Waals surface area contributed by atoms with E-state index >= 15 is 0 Å². The van der Waals surface area contributed by atoms with Crippen molar-refractivity contribution in [3.63, 3.8) is 0 Å². The molecule has 10 heteroatoms. The molecule has 24 heavy (non-hydrogen) atoms. The van der Waals surface area contributed by atoms with Gasteiger partial charge in [0.15, 0.2) is 0 Å². The van der Waals surface area contributed by atoms with Crippen LogP contribution in [0.5, 0.6) is 5.75 Å². The quantitative estimate of drug-likeness (QED) is 0.269. The molecule has 0 atom stereocenters. The van der Waals surface area contributed by atoms with Gasteiger partial charge in [0.05, 0.1) is 36.9 Å². The van der Waals surface area contributed by atoms with E-state index in [1.54, 1.807) is 13.8 Å². The molecular weight excluding hydrogens is 336 g/mol. The number of nitrogens with zero attached hydrogens (tertiary/aromatic N) is 3. The van der Waals surface area contributed by atoms with Crippen LogP contribution in [0.2, 0.25) is 0 Å². The molecule has 0 heterocycles. The molecule has 0 aliphatic rings. The van der Waals surface area contributed by atoms with Gasteiger partial charge in [0.25, 0.3) is 0 Å². The molecule has 0 saturated heterocycles. The van der Waals surface area contributed by atoms with E-state index in [0.29, 0.717) is 19.8 Å². The van der Waals surface area contributed by atoms with E-state index in [4.69, 9.17) is 15.0 Å². The average Bonchev–Trinajstić information content (AvgIpc) is 2.49. The highest BCUT2D eigenvalue weighted by Crippen LogP contribution is 2.16. The van der Waals surface area contributed by atoms with Gasteiger partial charge in [0, 0.05) is 11.5 Å². The van der Waals surface area contributed by atoms with E-state index in [1.807, 2.05) is 0 Å². The Kier molecular flexibility index (Phi) is 7.96. The number of benzene rings is 1. The van der Waals surface area contributed by atoms with Gasteiger partial charge in [0.1, 0.15) is 5.75 Å². The minimum Gasteiger partial charge on any atom is -0.508 e. The Balaban J connectivity index is 2.39.